The average molecular weight is 316 g/mol. The van der Waals surface area contributed by atoms with Gasteiger partial charge in [-0.3, -0.25) is 9.59 Å². The van der Waals surface area contributed by atoms with E-state index in [9.17, 15) is 9.59 Å². The van der Waals surface area contributed by atoms with Crippen molar-refractivity contribution < 1.29 is 9.59 Å². The third-order valence-corrected chi connectivity index (χ3v) is 4.73. The number of hydrogen-bond acceptors (Lipinski definition) is 2. The second-order valence-electron chi connectivity index (χ2n) is 7.58. The van der Waals surface area contributed by atoms with Gasteiger partial charge in [-0.05, 0) is 41.9 Å². The van der Waals surface area contributed by atoms with Crippen molar-refractivity contribution in [3.05, 3.63) is 35.4 Å². The summed E-state index contributed by atoms with van der Waals surface area (Å²) in [6.45, 7) is 6.40. The fourth-order valence-electron chi connectivity index (χ4n) is 3.23. The lowest BCUT2D eigenvalue weighted by Gasteiger charge is -2.28. The quantitative estimate of drug-likeness (QED) is 0.895. The van der Waals surface area contributed by atoms with Gasteiger partial charge in [0.05, 0.1) is 0 Å². The lowest BCUT2D eigenvalue weighted by molar-refractivity contribution is -0.121. The molecule has 1 atom stereocenters. The Bertz CT molecular complexity index is 552. The first-order valence-corrected chi connectivity index (χ1v) is 8.50. The molecular formula is C19H28N2O2. The summed E-state index contributed by atoms with van der Waals surface area (Å²) >= 11 is 0. The van der Waals surface area contributed by atoms with Crippen molar-refractivity contribution in [3.63, 3.8) is 0 Å². The number of rotatable bonds is 4. The van der Waals surface area contributed by atoms with Crippen LogP contribution < -0.4 is 11.1 Å². The fraction of sp³-hybridized carbons (Fsp3) is 0.579. The molecule has 4 heteroatoms. The third-order valence-electron chi connectivity index (χ3n) is 4.73. The van der Waals surface area contributed by atoms with E-state index in [1.165, 1.54) is 12.0 Å². The van der Waals surface area contributed by atoms with Crippen molar-refractivity contribution in [2.24, 2.45) is 11.7 Å². The molecule has 0 saturated heterocycles. The van der Waals surface area contributed by atoms with Crippen LogP contribution in [-0.4, -0.2) is 17.9 Å². The molecular weight excluding hydrogens is 288 g/mol. The zero-order valence-electron chi connectivity index (χ0n) is 14.4. The van der Waals surface area contributed by atoms with E-state index in [4.69, 9.17) is 5.73 Å². The minimum absolute atomic E-state index is 0.0485. The molecule has 1 aliphatic rings. The highest BCUT2D eigenvalue weighted by Gasteiger charge is 2.29. The summed E-state index contributed by atoms with van der Waals surface area (Å²) in [5, 5.41) is 2.85. The van der Waals surface area contributed by atoms with Crippen LogP contribution in [0.5, 0.6) is 0 Å². The number of amides is 2. The van der Waals surface area contributed by atoms with E-state index >= 15 is 0 Å². The largest absolute Gasteiger partial charge is 0.368 e. The van der Waals surface area contributed by atoms with Crippen LogP contribution in [0, 0.1) is 5.92 Å². The third kappa shape index (κ3) is 4.57. The molecule has 1 aromatic carbocycles. The van der Waals surface area contributed by atoms with Gasteiger partial charge in [-0.2, -0.15) is 0 Å². The molecule has 2 rings (SSSR count). The first-order chi connectivity index (χ1) is 10.8. The molecule has 23 heavy (non-hydrogen) atoms. The van der Waals surface area contributed by atoms with Crippen molar-refractivity contribution >= 4 is 11.8 Å². The first kappa shape index (κ1) is 17.5. The summed E-state index contributed by atoms with van der Waals surface area (Å²) in [7, 11) is 0. The van der Waals surface area contributed by atoms with Crippen LogP contribution in [0.25, 0.3) is 0 Å². The average Bonchev–Trinajstić information content (AvgIpc) is 2.52. The molecule has 1 aromatic rings. The standard InChI is InChI=1S/C19H28N2O2/c1-19(2,3)15-11-9-14(10-12-15)18(23)21-16(17(20)22)13-7-5-4-6-8-13/h9-13,16H,4-8H2,1-3H3,(H2,20,22)(H,21,23)/t16-/m1/s1. The molecule has 0 radical (unpaired) electrons. The molecule has 1 fully saturated rings. The smallest absolute Gasteiger partial charge is 0.251 e. The fourth-order valence-corrected chi connectivity index (χ4v) is 3.23. The van der Waals surface area contributed by atoms with Gasteiger partial charge in [0.15, 0.2) is 0 Å². The molecule has 0 aliphatic heterocycles. The number of nitrogens with one attached hydrogen (secondary N) is 1. The van der Waals surface area contributed by atoms with E-state index in [0.29, 0.717) is 5.56 Å². The zero-order chi connectivity index (χ0) is 17.0. The lowest BCUT2D eigenvalue weighted by Crippen LogP contribution is -2.49. The molecule has 126 valence electrons. The van der Waals surface area contributed by atoms with Gasteiger partial charge in [0.25, 0.3) is 5.91 Å². The molecule has 1 saturated carbocycles. The SMILES string of the molecule is CC(C)(C)c1ccc(C(=O)N[C@@H](C(N)=O)C2CCCCC2)cc1. The number of benzene rings is 1. The maximum absolute atomic E-state index is 12.4. The van der Waals surface area contributed by atoms with Crippen LogP contribution in [0.2, 0.25) is 0 Å². The molecule has 3 N–H and O–H groups in total. The molecule has 0 spiro atoms. The Labute approximate surface area is 138 Å². The minimum atomic E-state index is -0.565. The lowest BCUT2D eigenvalue weighted by atomic mass is 9.83. The Morgan fingerprint density at radius 3 is 2.13 bits per heavy atom. The molecule has 2 amide bonds. The number of carbonyl (C=O) groups is 2. The predicted molar refractivity (Wildman–Crippen MR) is 92.2 cm³/mol. The van der Waals surface area contributed by atoms with E-state index in [0.717, 1.165) is 25.7 Å². The van der Waals surface area contributed by atoms with E-state index in [1.807, 2.05) is 24.3 Å². The van der Waals surface area contributed by atoms with Crippen molar-refractivity contribution in [2.45, 2.75) is 64.3 Å². The van der Waals surface area contributed by atoms with Crippen LogP contribution in [-0.2, 0) is 10.2 Å². The number of carbonyl (C=O) groups excluding carboxylic acids is 2. The highest BCUT2D eigenvalue weighted by Crippen LogP contribution is 2.27. The molecule has 0 aromatic heterocycles. The Morgan fingerprint density at radius 2 is 1.65 bits per heavy atom. The second kappa shape index (κ2) is 7.16. The van der Waals surface area contributed by atoms with Gasteiger partial charge in [-0.25, -0.2) is 0 Å². The van der Waals surface area contributed by atoms with Crippen LogP contribution >= 0.6 is 0 Å². The summed E-state index contributed by atoms with van der Waals surface area (Å²) in [6, 6.07) is 7.00. The summed E-state index contributed by atoms with van der Waals surface area (Å²) in [5.41, 5.74) is 7.31. The minimum Gasteiger partial charge on any atom is -0.368 e. The zero-order valence-corrected chi connectivity index (χ0v) is 14.4. The summed E-state index contributed by atoms with van der Waals surface area (Å²) in [4.78, 5) is 24.2. The number of primary amides is 1. The predicted octanol–water partition coefficient (Wildman–Crippen LogP) is 3.15. The van der Waals surface area contributed by atoms with Gasteiger partial charge >= 0.3 is 0 Å². The Balaban J connectivity index is 2.07. The van der Waals surface area contributed by atoms with Crippen LogP contribution in [0.4, 0.5) is 0 Å². The topological polar surface area (TPSA) is 72.2 Å². The van der Waals surface area contributed by atoms with Crippen molar-refractivity contribution in [3.8, 4) is 0 Å². The Morgan fingerprint density at radius 1 is 1.09 bits per heavy atom. The van der Waals surface area contributed by atoms with E-state index < -0.39 is 11.9 Å². The van der Waals surface area contributed by atoms with Gasteiger partial charge in [0, 0.05) is 5.56 Å². The maximum Gasteiger partial charge on any atom is 0.251 e. The molecule has 0 unspecified atom stereocenters. The summed E-state index contributed by atoms with van der Waals surface area (Å²) in [6.07, 6.45) is 5.31. The summed E-state index contributed by atoms with van der Waals surface area (Å²) < 4.78 is 0. The van der Waals surface area contributed by atoms with Crippen LogP contribution in [0.1, 0.15) is 68.8 Å². The van der Waals surface area contributed by atoms with E-state index in [1.54, 1.807) is 0 Å². The maximum atomic E-state index is 12.4. The van der Waals surface area contributed by atoms with Gasteiger partial charge < -0.3 is 11.1 Å². The Hall–Kier alpha value is -1.84. The Kier molecular flexibility index (Phi) is 5.45. The first-order valence-electron chi connectivity index (χ1n) is 8.50. The second-order valence-corrected chi connectivity index (χ2v) is 7.58. The molecule has 1 aliphatic carbocycles. The number of nitrogens with two attached hydrogens (primary N) is 1. The highest BCUT2D eigenvalue weighted by molar-refractivity contribution is 5.97. The molecule has 0 heterocycles. The monoisotopic (exact) mass is 316 g/mol. The van der Waals surface area contributed by atoms with E-state index in [-0.39, 0.29) is 17.2 Å². The summed E-state index contributed by atoms with van der Waals surface area (Å²) in [5.74, 6) is -0.490. The van der Waals surface area contributed by atoms with Crippen molar-refractivity contribution in [2.75, 3.05) is 0 Å². The number of hydrogen-bond donors (Lipinski definition) is 2. The van der Waals surface area contributed by atoms with Crippen molar-refractivity contribution in [1.29, 1.82) is 0 Å². The van der Waals surface area contributed by atoms with Crippen LogP contribution in [0.3, 0.4) is 0 Å². The molecule has 0 bridgehead atoms. The highest BCUT2D eigenvalue weighted by atomic mass is 16.2. The van der Waals surface area contributed by atoms with Gasteiger partial charge in [-0.1, -0.05) is 52.2 Å². The molecule has 4 nitrogen and oxygen atoms in total. The van der Waals surface area contributed by atoms with Crippen LogP contribution in [0.15, 0.2) is 24.3 Å². The van der Waals surface area contributed by atoms with Gasteiger partial charge in [0.1, 0.15) is 6.04 Å². The van der Waals surface area contributed by atoms with Gasteiger partial charge in [-0.15, -0.1) is 0 Å². The van der Waals surface area contributed by atoms with Gasteiger partial charge in [0.2, 0.25) is 5.91 Å². The normalized spacial score (nSPS) is 17.5. The van der Waals surface area contributed by atoms with E-state index in [2.05, 4.69) is 26.1 Å². The van der Waals surface area contributed by atoms with Crippen molar-refractivity contribution in [1.82, 2.24) is 5.32 Å².